The highest BCUT2D eigenvalue weighted by molar-refractivity contribution is 9.10. The van der Waals surface area contributed by atoms with Crippen molar-refractivity contribution in [3.05, 3.63) is 22.2 Å². The number of halogens is 1. The standard InChI is InChI=1S/C16H25BrNOP/c1-4-7-12(5-2)10-20-11-13-15(18)9-8-14(17)16(13)19-6-3/h8-9,11-12H,4-7,10,18H2,1-3H3. The van der Waals surface area contributed by atoms with Crippen LogP contribution < -0.4 is 10.5 Å². The number of benzene rings is 1. The van der Waals surface area contributed by atoms with E-state index in [1.807, 2.05) is 19.1 Å². The summed E-state index contributed by atoms with van der Waals surface area (Å²) in [6, 6.07) is 3.87. The molecule has 1 aromatic carbocycles. The molecule has 2 nitrogen and oxygen atoms in total. The topological polar surface area (TPSA) is 35.2 Å². The van der Waals surface area contributed by atoms with Crippen molar-refractivity contribution in [2.75, 3.05) is 18.5 Å². The molecule has 0 saturated carbocycles. The molecule has 1 rings (SSSR count). The zero-order valence-electron chi connectivity index (χ0n) is 12.7. The Morgan fingerprint density at radius 1 is 1.35 bits per heavy atom. The quantitative estimate of drug-likeness (QED) is 0.502. The summed E-state index contributed by atoms with van der Waals surface area (Å²) in [7, 11) is 1.32. The summed E-state index contributed by atoms with van der Waals surface area (Å²) in [4.78, 5) is 0. The molecule has 1 unspecified atom stereocenters. The van der Waals surface area contributed by atoms with Gasteiger partial charge in [0.2, 0.25) is 0 Å². The first-order valence-corrected chi connectivity index (χ1v) is 9.28. The predicted octanol–water partition coefficient (Wildman–Crippen LogP) is 5.35. The van der Waals surface area contributed by atoms with Crippen LogP contribution in [-0.4, -0.2) is 18.6 Å². The van der Waals surface area contributed by atoms with Crippen LogP contribution in [0.1, 0.15) is 45.6 Å². The third-order valence-electron chi connectivity index (χ3n) is 3.33. The van der Waals surface area contributed by atoms with Crippen molar-refractivity contribution in [3.8, 4) is 5.75 Å². The molecule has 0 fully saturated rings. The maximum atomic E-state index is 6.09. The van der Waals surface area contributed by atoms with E-state index in [0.717, 1.165) is 27.4 Å². The van der Waals surface area contributed by atoms with Crippen LogP contribution >= 0.6 is 24.1 Å². The van der Waals surface area contributed by atoms with Gasteiger partial charge in [-0.1, -0.05) is 33.1 Å². The van der Waals surface area contributed by atoms with Gasteiger partial charge in [0, 0.05) is 11.3 Å². The molecule has 1 aromatic rings. The van der Waals surface area contributed by atoms with E-state index in [1.165, 1.54) is 33.6 Å². The van der Waals surface area contributed by atoms with Crippen molar-refractivity contribution in [3.63, 3.8) is 0 Å². The van der Waals surface area contributed by atoms with Gasteiger partial charge < -0.3 is 10.5 Å². The smallest absolute Gasteiger partial charge is 0.143 e. The van der Waals surface area contributed by atoms with Gasteiger partial charge in [0.15, 0.2) is 0 Å². The summed E-state index contributed by atoms with van der Waals surface area (Å²) in [5.74, 6) is 3.87. The van der Waals surface area contributed by atoms with E-state index in [0.29, 0.717) is 6.61 Å². The van der Waals surface area contributed by atoms with Gasteiger partial charge in [-0.15, -0.1) is 8.20 Å². The fraction of sp³-hybridized carbons (Fsp3) is 0.562. The summed E-state index contributed by atoms with van der Waals surface area (Å²) in [5, 5.41) is 0. The van der Waals surface area contributed by atoms with E-state index >= 15 is 0 Å². The predicted molar refractivity (Wildman–Crippen MR) is 95.4 cm³/mol. The first kappa shape index (κ1) is 17.5. The Balaban J connectivity index is 2.87. The highest BCUT2D eigenvalue weighted by Gasteiger charge is 2.10. The molecule has 0 aromatic heterocycles. The van der Waals surface area contributed by atoms with E-state index < -0.39 is 0 Å². The molecule has 112 valence electrons. The summed E-state index contributed by atoms with van der Waals surface area (Å²) in [6.45, 7) is 7.16. The van der Waals surface area contributed by atoms with Crippen molar-refractivity contribution in [2.45, 2.75) is 40.0 Å². The first-order valence-electron chi connectivity index (χ1n) is 7.34. The van der Waals surface area contributed by atoms with E-state index in [-0.39, 0.29) is 0 Å². The van der Waals surface area contributed by atoms with E-state index in [2.05, 4.69) is 35.6 Å². The lowest BCUT2D eigenvalue weighted by Gasteiger charge is -2.13. The van der Waals surface area contributed by atoms with Crippen LogP contribution in [0.3, 0.4) is 0 Å². The Morgan fingerprint density at radius 3 is 2.70 bits per heavy atom. The number of ether oxygens (including phenoxy) is 1. The molecule has 0 bridgehead atoms. The second-order valence-corrected chi connectivity index (χ2v) is 6.71. The molecular weight excluding hydrogens is 333 g/mol. The van der Waals surface area contributed by atoms with Gasteiger partial charge in [0.25, 0.3) is 0 Å². The largest absolute Gasteiger partial charge is 0.492 e. The zero-order chi connectivity index (χ0) is 15.0. The molecule has 0 spiro atoms. The molecule has 20 heavy (non-hydrogen) atoms. The Morgan fingerprint density at radius 2 is 2.10 bits per heavy atom. The Labute approximate surface area is 133 Å². The summed E-state index contributed by atoms with van der Waals surface area (Å²) >= 11 is 3.54. The van der Waals surface area contributed by atoms with Crippen LogP contribution in [0.15, 0.2) is 16.6 Å². The van der Waals surface area contributed by atoms with Crippen molar-refractivity contribution >= 4 is 35.6 Å². The molecular formula is C16H25BrNOP. The third-order valence-corrected chi connectivity index (χ3v) is 5.12. The minimum atomic E-state index is 0.646. The lowest BCUT2D eigenvalue weighted by Crippen LogP contribution is -2.02. The van der Waals surface area contributed by atoms with Gasteiger partial charge in [-0.3, -0.25) is 0 Å². The van der Waals surface area contributed by atoms with Crippen molar-refractivity contribution < 1.29 is 4.74 Å². The Kier molecular flexibility index (Phi) is 8.25. The zero-order valence-corrected chi connectivity index (χ0v) is 15.1. The maximum Gasteiger partial charge on any atom is 0.143 e. The van der Waals surface area contributed by atoms with Crippen LogP contribution in [0, 0.1) is 5.92 Å². The molecule has 0 aliphatic rings. The van der Waals surface area contributed by atoms with Crippen molar-refractivity contribution in [2.24, 2.45) is 5.92 Å². The van der Waals surface area contributed by atoms with Gasteiger partial charge in [0.05, 0.1) is 11.1 Å². The SMILES string of the molecule is CCCC(CC)CP=Cc1c(N)ccc(Br)c1OCC. The fourth-order valence-electron chi connectivity index (χ4n) is 2.14. The van der Waals surface area contributed by atoms with Crippen LogP contribution in [0.4, 0.5) is 5.69 Å². The van der Waals surface area contributed by atoms with Crippen molar-refractivity contribution in [1.29, 1.82) is 0 Å². The molecule has 0 radical (unpaired) electrons. The Hall–Kier alpha value is -0.530. The molecule has 0 amide bonds. The minimum Gasteiger partial charge on any atom is -0.492 e. The third kappa shape index (κ3) is 5.10. The van der Waals surface area contributed by atoms with Gasteiger partial charge in [-0.2, -0.15) is 0 Å². The second-order valence-electron chi connectivity index (χ2n) is 4.87. The van der Waals surface area contributed by atoms with Crippen LogP contribution in [0.2, 0.25) is 0 Å². The summed E-state index contributed by atoms with van der Waals surface area (Å²) in [5.41, 5.74) is 7.90. The maximum absolute atomic E-state index is 6.09. The van der Waals surface area contributed by atoms with E-state index in [4.69, 9.17) is 10.5 Å². The molecule has 0 saturated heterocycles. The molecule has 4 heteroatoms. The number of hydrogen-bond donors (Lipinski definition) is 1. The normalized spacial score (nSPS) is 12.8. The lowest BCUT2D eigenvalue weighted by molar-refractivity contribution is 0.338. The molecule has 1 atom stereocenters. The minimum absolute atomic E-state index is 0.646. The Bertz CT molecular complexity index is 448. The first-order chi connectivity index (χ1) is 9.63. The molecule has 0 aliphatic carbocycles. The monoisotopic (exact) mass is 357 g/mol. The summed E-state index contributed by atoms with van der Waals surface area (Å²) in [6.07, 6.45) is 5.02. The van der Waals surface area contributed by atoms with Crippen LogP contribution in [-0.2, 0) is 0 Å². The van der Waals surface area contributed by atoms with Crippen LogP contribution in [0.25, 0.3) is 0 Å². The van der Waals surface area contributed by atoms with Gasteiger partial charge >= 0.3 is 0 Å². The number of nitrogen functional groups attached to an aromatic ring is 1. The lowest BCUT2D eigenvalue weighted by atomic mass is 10.0. The highest BCUT2D eigenvalue weighted by Crippen LogP contribution is 2.33. The van der Waals surface area contributed by atoms with Gasteiger partial charge in [0.1, 0.15) is 5.75 Å². The average molecular weight is 358 g/mol. The van der Waals surface area contributed by atoms with E-state index in [1.54, 1.807) is 0 Å². The summed E-state index contributed by atoms with van der Waals surface area (Å²) < 4.78 is 6.69. The number of rotatable bonds is 8. The molecule has 2 N–H and O–H groups in total. The van der Waals surface area contributed by atoms with Crippen molar-refractivity contribution in [1.82, 2.24) is 0 Å². The second kappa shape index (κ2) is 9.41. The van der Waals surface area contributed by atoms with Gasteiger partial charge in [-0.25, -0.2) is 0 Å². The number of anilines is 1. The van der Waals surface area contributed by atoms with Crippen LogP contribution in [0.5, 0.6) is 5.75 Å². The molecule has 0 aliphatic heterocycles. The number of hydrogen-bond acceptors (Lipinski definition) is 2. The highest BCUT2D eigenvalue weighted by atomic mass is 79.9. The fourth-order valence-corrected chi connectivity index (χ4v) is 3.89. The van der Waals surface area contributed by atoms with E-state index in [9.17, 15) is 0 Å². The molecule has 0 heterocycles. The average Bonchev–Trinajstić information content (AvgIpc) is 2.44. The van der Waals surface area contributed by atoms with Gasteiger partial charge in [-0.05, 0) is 52.9 Å². The number of nitrogens with two attached hydrogens (primary N) is 1.